The summed E-state index contributed by atoms with van der Waals surface area (Å²) < 4.78 is 1.75. The molecule has 20 heavy (non-hydrogen) atoms. The standard InChI is InChI=1S/C16H15N3O/c1-18-11-13-9-8-12(10-15(13)17-18)16(20)19(2)14-6-4-3-5-7-14/h3-11H,1-2H3. The molecule has 1 aromatic heterocycles. The first-order valence-corrected chi connectivity index (χ1v) is 6.41. The van der Waals surface area contributed by atoms with E-state index >= 15 is 0 Å². The number of aryl methyl sites for hydroxylation is 1. The van der Waals surface area contributed by atoms with Crippen LogP contribution >= 0.6 is 0 Å². The van der Waals surface area contributed by atoms with Gasteiger partial charge >= 0.3 is 0 Å². The fourth-order valence-corrected chi connectivity index (χ4v) is 2.24. The van der Waals surface area contributed by atoms with E-state index in [1.165, 1.54) is 0 Å². The molecule has 0 N–H and O–H groups in total. The molecule has 2 aromatic carbocycles. The van der Waals surface area contributed by atoms with Gasteiger partial charge in [0, 0.05) is 36.9 Å². The highest BCUT2D eigenvalue weighted by Gasteiger charge is 2.14. The minimum atomic E-state index is -0.0382. The molecule has 0 bridgehead atoms. The third-order valence-corrected chi connectivity index (χ3v) is 3.32. The van der Waals surface area contributed by atoms with Crippen LogP contribution in [-0.4, -0.2) is 22.7 Å². The number of anilines is 1. The molecule has 100 valence electrons. The van der Waals surface area contributed by atoms with Crippen molar-refractivity contribution in [1.82, 2.24) is 9.78 Å². The monoisotopic (exact) mass is 265 g/mol. The van der Waals surface area contributed by atoms with Crippen LogP contribution in [0.15, 0.2) is 54.7 Å². The maximum atomic E-state index is 12.5. The van der Waals surface area contributed by atoms with Crippen LogP contribution in [0.2, 0.25) is 0 Å². The Labute approximate surface area is 117 Å². The number of para-hydroxylation sites is 1. The Kier molecular flexibility index (Phi) is 2.99. The molecule has 0 aliphatic carbocycles. The molecule has 1 amide bonds. The SMILES string of the molecule is CN(C(=O)c1ccc2cn(C)nc2c1)c1ccccc1. The predicted molar refractivity (Wildman–Crippen MR) is 79.9 cm³/mol. The third kappa shape index (κ3) is 2.16. The summed E-state index contributed by atoms with van der Waals surface area (Å²) in [5.41, 5.74) is 2.35. The van der Waals surface area contributed by atoms with E-state index < -0.39 is 0 Å². The van der Waals surface area contributed by atoms with Gasteiger partial charge in [0.05, 0.1) is 5.52 Å². The van der Waals surface area contributed by atoms with Gasteiger partial charge in [0.2, 0.25) is 0 Å². The zero-order chi connectivity index (χ0) is 14.1. The summed E-state index contributed by atoms with van der Waals surface area (Å²) in [4.78, 5) is 14.1. The van der Waals surface area contributed by atoms with Gasteiger partial charge in [0.15, 0.2) is 0 Å². The van der Waals surface area contributed by atoms with Crippen molar-refractivity contribution < 1.29 is 4.79 Å². The first-order chi connectivity index (χ1) is 9.65. The second-order valence-electron chi connectivity index (χ2n) is 4.78. The minimum Gasteiger partial charge on any atom is -0.311 e. The molecule has 0 atom stereocenters. The van der Waals surface area contributed by atoms with Gasteiger partial charge in [-0.3, -0.25) is 9.48 Å². The maximum Gasteiger partial charge on any atom is 0.258 e. The fraction of sp³-hybridized carbons (Fsp3) is 0.125. The number of carbonyl (C=O) groups excluding carboxylic acids is 1. The zero-order valence-corrected chi connectivity index (χ0v) is 11.4. The molecule has 4 nitrogen and oxygen atoms in total. The lowest BCUT2D eigenvalue weighted by Crippen LogP contribution is -2.26. The number of nitrogens with zero attached hydrogens (tertiary/aromatic N) is 3. The van der Waals surface area contributed by atoms with Crippen LogP contribution in [0.25, 0.3) is 10.9 Å². The topological polar surface area (TPSA) is 38.1 Å². The quantitative estimate of drug-likeness (QED) is 0.714. The lowest BCUT2D eigenvalue weighted by molar-refractivity contribution is 0.0993. The van der Waals surface area contributed by atoms with Crippen LogP contribution in [0, 0.1) is 0 Å². The molecule has 0 spiro atoms. The zero-order valence-electron chi connectivity index (χ0n) is 11.4. The molecule has 0 aliphatic heterocycles. The van der Waals surface area contributed by atoms with Crippen molar-refractivity contribution >= 4 is 22.5 Å². The van der Waals surface area contributed by atoms with Crippen molar-refractivity contribution in [2.75, 3.05) is 11.9 Å². The van der Waals surface area contributed by atoms with E-state index in [2.05, 4.69) is 5.10 Å². The Balaban J connectivity index is 1.95. The molecule has 3 aromatic rings. The van der Waals surface area contributed by atoms with Crippen LogP contribution in [0.1, 0.15) is 10.4 Å². The van der Waals surface area contributed by atoms with Gasteiger partial charge < -0.3 is 4.90 Å². The lowest BCUT2D eigenvalue weighted by atomic mass is 10.1. The number of aromatic nitrogens is 2. The smallest absolute Gasteiger partial charge is 0.258 e. The van der Waals surface area contributed by atoms with Gasteiger partial charge in [0.25, 0.3) is 5.91 Å². The maximum absolute atomic E-state index is 12.5. The summed E-state index contributed by atoms with van der Waals surface area (Å²) in [5, 5.41) is 5.37. The van der Waals surface area contributed by atoms with Crippen molar-refractivity contribution in [2.24, 2.45) is 7.05 Å². The number of fused-ring (bicyclic) bond motifs is 1. The number of rotatable bonds is 2. The summed E-state index contributed by atoms with van der Waals surface area (Å²) in [5.74, 6) is -0.0382. The van der Waals surface area contributed by atoms with Crippen molar-refractivity contribution in [3.05, 3.63) is 60.3 Å². The minimum absolute atomic E-state index is 0.0382. The molecular weight excluding hydrogens is 250 g/mol. The van der Waals surface area contributed by atoms with Crippen LogP contribution in [0.3, 0.4) is 0 Å². The van der Waals surface area contributed by atoms with Crippen molar-refractivity contribution in [3.63, 3.8) is 0 Å². The molecule has 4 heteroatoms. The number of hydrogen-bond donors (Lipinski definition) is 0. The number of amides is 1. The Morgan fingerprint density at radius 3 is 2.65 bits per heavy atom. The van der Waals surface area contributed by atoms with Gasteiger partial charge in [-0.1, -0.05) is 24.3 Å². The van der Waals surface area contributed by atoms with Crippen molar-refractivity contribution in [3.8, 4) is 0 Å². The average Bonchev–Trinajstić information content (AvgIpc) is 2.85. The van der Waals surface area contributed by atoms with E-state index in [0.717, 1.165) is 16.6 Å². The fourth-order valence-electron chi connectivity index (χ4n) is 2.24. The molecule has 0 unspecified atom stereocenters. The molecule has 0 radical (unpaired) electrons. The van der Waals surface area contributed by atoms with E-state index in [1.807, 2.05) is 61.8 Å². The summed E-state index contributed by atoms with van der Waals surface area (Å²) in [7, 11) is 3.65. The summed E-state index contributed by atoms with van der Waals surface area (Å²) in [6.07, 6.45) is 1.94. The van der Waals surface area contributed by atoms with Crippen molar-refractivity contribution in [2.45, 2.75) is 0 Å². The van der Waals surface area contributed by atoms with Crippen LogP contribution in [0.5, 0.6) is 0 Å². The molecule has 1 heterocycles. The second-order valence-corrected chi connectivity index (χ2v) is 4.78. The summed E-state index contributed by atoms with van der Waals surface area (Å²) in [6.45, 7) is 0. The Morgan fingerprint density at radius 2 is 1.90 bits per heavy atom. The lowest BCUT2D eigenvalue weighted by Gasteiger charge is -2.17. The first-order valence-electron chi connectivity index (χ1n) is 6.41. The van der Waals surface area contributed by atoms with E-state index in [0.29, 0.717) is 5.56 Å². The van der Waals surface area contributed by atoms with Crippen molar-refractivity contribution in [1.29, 1.82) is 0 Å². The highest BCUT2D eigenvalue weighted by molar-refractivity contribution is 6.07. The van der Waals surface area contributed by atoms with Gasteiger partial charge in [-0.25, -0.2) is 0 Å². The molecular formula is C16H15N3O. The van der Waals surface area contributed by atoms with Gasteiger partial charge in [-0.2, -0.15) is 5.10 Å². The van der Waals surface area contributed by atoms with E-state index in [1.54, 1.807) is 16.6 Å². The largest absolute Gasteiger partial charge is 0.311 e. The van der Waals surface area contributed by atoms with E-state index in [4.69, 9.17) is 0 Å². The van der Waals surface area contributed by atoms with Gasteiger partial charge in [-0.05, 0) is 24.3 Å². The number of benzene rings is 2. The molecule has 3 rings (SSSR count). The van der Waals surface area contributed by atoms with Crippen LogP contribution in [0.4, 0.5) is 5.69 Å². The predicted octanol–water partition coefficient (Wildman–Crippen LogP) is 2.85. The normalized spacial score (nSPS) is 10.7. The van der Waals surface area contributed by atoms with Gasteiger partial charge in [-0.15, -0.1) is 0 Å². The highest BCUT2D eigenvalue weighted by atomic mass is 16.2. The molecule has 0 saturated carbocycles. The van der Waals surface area contributed by atoms with Crippen LogP contribution in [-0.2, 0) is 7.05 Å². The average molecular weight is 265 g/mol. The Bertz CT molecular complexity index is 762. The molecule has 0 aliphatic rings. The van der Waals surface area contributed by atoms with Gasteiger partial charge in [0.1, 0.15) is 0 Å². The second kappa shape index (κ2) is 4.81. The number of carbonyl (C=O) groups is 1. The van der Waals surface area contributed by atoms with E-state index in [-0.39, 0.29) is 5.91 Å². The van der Waals surface area contributed by atoms with E-state index in [9.17, 15) is 4.79 Å². The first kappa shape index (κ1) is 12.4. The molecule has 0 fully saturated rings. The Morgan fingerprint density at radius 1 is 1.15 bits per heavy atom. The molecule has 0 saturated heterocycles. The number of hydrogen-bond acceptors (Lipinski definition) is 2. The van der Waals surface area contributed by atoms with Crippen LogP contribution < -0.4 is 4.90 Å². The third-order valence-electron chi connectivity index (χ3n) is 3.32. The highest BCUT2D eigenvalue weighted by Crippen LogP contribution is 2.18. The summed E-state index contributed by atoms with van der Waals surface area (Å²) in [6, 6.07) is 15.2. The Hall–Kier alpha value is -2.62. The summed E-state index contributed by atoms with van der Waals surface area (Å²) >= 11 is 0.